The zero-order valence-corrected chi connectivity index (χ0v) is 17.9. The van der Waals surface area contributed by atoms with Crippen LogP contribution in [0.25, 0.3) is 16.6 Å². The number of nitrogens with zero attached hydrogens (tertiary/aromatic N) is 3. The van der Waals surface area contributed by atoms with Crippen LogP contribution in [-0.4, -0.2) is 43.7 Å². The van der Waals surface area contributed by atoms with E-state index in [0.29, 0.717) is 18.5 Å². The van der Waals surface area contributed by atoms with Gasteiger partial charge in [0.05, 0.1) is 11.2 Å². The fourth-order valence-corrected chi connectivity index (χ4v) is 2.83. The van der Waals surface area contributed by atoms with Crippen LogP contribution in [-0.2, 0) is 0 Å². The molecule has 0 saturated heterocycles. The zero-order valence-electron chi connectivity index (χ0n) is 15.9. The van der Waals surface area contributed by atoms with Gasteiger partial charge in [0.2, 0.25) is 6.16 Å². The Morgan fingerprint density at radius 2 is 1.93 bits per heavy atom. The van der Waals surface area contributed by atoms with Crippen LogP contribution < -0.4 is 34.7 Å². The van der Waals surface area contributed by atoms with Gasteiger partial charge in [0.15, 0.2) is 0 Å². The van der Waals surface area contributed by atoms with Crippen molar-refractivity contribution < 1.29 is 54.5 Å². The summed E-state index contributed by atoms with van der Waals surface area (Å²) in [5.74, 6) is 0.354. The van der Waals surface area contributed by atoms with Crippen LogP contribution in [0.5, 0.6) is 0 Å². The molecule has 1 atom stereocenters. The van der Waals surface area contributed by atoms with Gasteiger partial charge in [-0.15, -0.1) is 0 Å². The number of rotatable bonds is 2. The SMILES string of the molecule is CC1CC=C(c2ccc3nn(C(C)C)cc3c2)N(C(=O)O)C1.O=C([O-])O.[Na+]. The predicted molar refractivity (Wildman–Crippen MR) is 94.6 cm³/mol. The molecule has 27 heavy (non-hydrogen) atoms. The first kappa shape index (κ1) is 23.0. The fourth-order valence-electron chi connectivity index (χ4n) is 2.83. The Bertz CT molecular complexity index is 843. The fraction of sp³-hybridized carbons (Fsp3) is 0.389. The number of benzene rings is 1. The minimum Gasteiger partial charge on any atom is -0.565 e. The molecular weight excluding hydrogens is 361 g/mol. The zero-order chi connectivity index (χ0) is 19.4. The molecule has 0 radical (unpaired) electrons. The van der Waals surface area contributed by atoms with Crippen LogP contribution in [0.3, 0.4) is 0 Å². The van der Waals surface area contributed by atoms with Crippen molar-refractivity contribution in [2.24, 2.45) is 5.92 Å². The molecule has 1 aromatic heterocycles. The third-order valence-corrected chi connectivity index (χ3v) is 4.08. The Morgan fingerprint density at radius 3 is 2.48 bits per heavy atom. The molecule has 2 N–H and O–H groups in total. The Morgan fingerprint density at radius 1 is 1.30 bits per heavy atom. The van der Waals surface area contributed by atoms with Gasteiger partial charge in [-0.1, -0.05) is 19.1 Å². The van der Waals surface area contributed by atoms with E-state index in [1.165, 1.54) is 4.90 Å². The molecule has 1 aromatic carbocycles. The molecule has 0 saturated carbocycles. The van der Waals surface area contributed by atoms with Crippen molar-refractivity contribution in [1.29, 1.82) is 0 Å². The van der Waals surface area contributed by atoms with E-state index in [2.05, 4.69) is 25.9 Å². The maximum absolute atomic E-state index is 11.5. The minimum atomic E-state index is -2.08. The van der Waals surface area contributed by atoms with Crippen LogP contribution >= 0.6 is 0 Å². The minimum absolute atomic E-state index is 0. The van der Waals surface area contributed by atoms with Gasteiger partial charge in [0.1, 0.15) is 0 Å². The van der Waals surface area contributed by atoms with Crippen LogP contribution in [0, 0.1) is 5.92 Å². The summed E-state index contributed by atoms with van der Waals surface area (Å²) in [4.78, 5) is 21.4. The molecule has 0 fully saturated rings. The van der Waals surface area contributed by atoms with Crippen molar-refractivity contribution in [3.63, 3.8) is 0 Å². The number of hydrogen-bond acceptors (Lipinski definition) is 4. The van der Waals surface area contributed by atoms with Gasteiger partial charge in [-0.25, -0.2) is 4.79 Å². The second-order valence-corrected chi connectivity index (χ2v) is 6.57. The largest absolute Gasteiger partial charge is 1.00 e. The molecule has 3 rings (SSSR count). The van der Waals surface area contributed by atoms with Crippen molar-refractivity contribution in [3.05, 3.63) is 36.0 Å². The van der Waals surface area contributed by atoms with Gasteiger partial charge in [0, 0.05) is 24.2 Å². The molecule has 1 unspecified atom stereocenters. The summed E-state index contributed by atoms with van der Waals surface area (Å²) >= 11 is 0. The number of carboxylic acid groups (broad SMARTS) is 3. The van der Waals surface area contributed by atoms with E-state index in [1.54, 1.807) is 0 Å². The van der Waals surface area contributed by atoms with Crippen LogP contribution in [0.15, 0.2) is 30.5 Å². The maximum Gasteiger partial charge on any atom is 1.00 e. The van der Waals surface area contributed by atoms with Gasteiger partial charge >= 0.3 is 35.7 Å². The molecule has 0 spiro atoms. The van der Waals surface area contributed by atoms with E-state index in [4.69, 9.17) is 15.0 Å². The van der Waals surface area contributed by atoms with Crippen LogP contribution in [0.2, 0.25) is 0 Å². The number of allylic oxidation sites excluding steroid dienone is 1. The molecule has 0 bridgehead atoms. The van der Waals surface area contributed by atoms with Crippen LogP contribution in [0.1, 0.15) is 38.8 Å². The van der Waals surface area contributed by atoms with E-state index in [9.17, 15) is 9.90 Å². The summed E-state index contributed by atoms with van der Waals surface area (Å²) in [6.45, 7) is 6.79. The Hall–Kier alpha value is -2.03. The third-order valence-electron chi connectivity index (χ3n) is 4.08. The average molecular weight is 383 g/mol. The first-order valence-corrected chi connectivity index (χ1v) is 8.29. The van der Waals surface area contributed by atoms with Gasteiger partial charge in [-0.2, -0.15) is 5.10 Å². The number of fused-ring (bicyclic) bond motifs is 1. The quantitative estimate of drug-likeness (QED) is 0.698. The van der Waals surface area contributed by atoms with Gasteiger partial charge in [0.25, 0.3) is 0 Å². The van der Waals surface area contributed by atoms with Crippen molar-refractivity contribution in [2.75, 3.05) is 6.54 Å². The number of aromatic nitrogens is 2. The molecule has 1 aliphatic rings. The van der Waals surface area contributed by atoms with Crippen molar-refractivity contribution in [3.8, 4) is 0 Å². The van der Waals surface area contributed by atoms with Crippen molar-refractivity contribution in [1.82, 2.24) is 14.7 Å². The van der Waals surface area contributed by atoms with E-state index < -0.39 is 12.2 Å². The monoisotopic (exact) mass is 383 g/mol. The smallest absolute Gasteiger partial charge is 0.565 e. The standard InChI is InChI=1S/C17H21N3O2.CH2O3.Na/c1-11(2)20-10-14-8-13(5-6-15(14)18-20)16-7-4-12(3)9-19(16)17(21)22;2-1(3)4;/h5-8,10-12H,4,9H2,1-3H3,(H,21,22);(H2,2,3,4);/q;;+1/p-1. The summed E-state index contributed by atoms with van der Waals surface area (Å²) in [6.07, 6.45) is 1.97. The molecule has 1 aliphatic heterocycles. The summed E-state index contributed by atoms with van der Waals surface area (Å²) in [6, 6.07) is 6.25. The van der Waals surface area contributed by atoms with E-state index in [-0.39, 0.29) is 29.6 Å². The van der Waals surface area contributed by atoms with Crippen molar-refractivity contribution in [2.45, 2.75) is 33.2 Å². The van der Waals surface area contributed by atoms with Gasteiger partial charge in [-0.05, 0) is 43.9 Å². The molecule has 140 valence electrons. The molecule has 2 aromatic rings. The summed E-state index contributed by atoms with van der Waals surface area (Å²) in [5.41, 5.74) is 2.65. The normalized spacial score (nSPS) is 16.2. The Labute approximate surface area is 179 Å². The second-order valence-electron chi connectivity index (χ2n) is 6.57. The Balaban J connectivity index is 0.000000666. The molecule has 0 aliphatic carbocycles. The average Bonchev–Trinajstić information content (AvgIpc) is 2.97. The summed E-state index contributed by atoms with van der Waals surface area (Å²) in [7, 11) is 0. The first-order valence-electron chi connectivity index (χ1n) is 8.29. The van der Waals surface area contributed by atoms with E-state index in [0.717, 1.165) is 28.6 Å². The molecule has 2 heterocycles. The molecule has 9 heteroatoms. The predicted octanol–water partition coefficient (Wildman–Crippen LogP) is -0.130. The third kappa shape index (κ3) is 5.98. The first-order chi connectivity index (χ1) is 12.2. The maximum atomic E-state index is 11.5. The second kappa shape index (κ2) is 9.77. The summed E-state index contributed by atoms with van der Waals surface area (Å²) < 4.78 is 1.93. The molecule has 1 amide bonds. The number of carbonyl (C=O) groups is 2. The molecular formula is C18H22N3NaO5. The van der Waals surface area contributed by atoms with Crippen LogP contribution in [0.4, 0.5) is 9.59 Å². The van der Waals surface area contributed by atoms with E-state index >= 15 is 0 Å². The van der Waals surface area contributed by atoms with E-state index in [1.807, 2.05) is 35.2 Å². The van der Waals surface area contributed by atoms with Gasteiger partial charge < -0.3 is 20.1 Å². The topological polar surface area (TPSA) is 119 Å². The number of amides is 1. The van der Waals surface area contributed by atoms with Gasteiger partial charge in [-0.3, -0.25) is 9.58 Å². The number of hydrogen-bond donors (Lipinski definition) is 2. The molecule has 8 nitrogen and oxygen atoms in total. The van der Waals surface area contributed by atoms with Crippen molar-refractivity contribution >= 4 is 28.8 Å². The Kier molecular flexibility index (Phi) is 8.33. The summed E-state index contributed by atoms with van der Waals surface area (Å²) in [5, 5.41) is 30.3.